The Hall–Kier alpha value is -2.53. The second-order valence-electron chi connectivity index (χ2n) is 7.17. The van der Waals surface area contributed by atoms with Crippen molar-refractivity contribution in [1.82, 2.24) is 10.0 Å². The van der Waals surface area contributed by atoms with Crippen LogP contribution in [-0.2, 0) is 24.3 Å². The molecule has 0 unspecified atom stereocenters. The maximum Gasteiger partial charge on any atom is 0.242 e. The highest BCUT2D eigenvalue weighted by Crippen LogP contribution is 2.18. The van der Waals surface area contributed by atoms with E-state index in [0.717, 1.165) is 42.0 Å². The van der Waals surface area contributed by atoms with Gasteiger partial charge in [-0.25, -0.2) is 17.5 Å². The smallest absolute Gasteiger partial charge is 0.242 e. The van der Waals surface area contributed by atoms with E-state index in [1.54, 1.807) is 24.3 Å². The van der Waals surface area contributed by atoms with Crippen LogP contribution in [0.15, 0.2) is 53.4 Å². The zero-order chi connectivity index (χ0) is 23.1. The molecule has 1 heterocycles. The highest BCUT2D eigenvalue weighted by Gasteiger charge is 2.23. The van der Waals surface area contributed by atoms with Gasteiger partial charge in [0.1, 0.15) is 12.4 Å². The third-order valence-electron chi connectivity index (χ3n) is 4.83. The number of hydrogen-bond acceptors (Lipinski definition) is 5. The first-order valence-corrected chi connectivity index (χ1v) is 11.8. The number of halogens is 2. The van der Waals surface area contributed by atoms with Crippen molar-refractivity contribution >= 4 is 39.1 Å². The van der Waals surface area contributed by atoms with Gasteiger partial charge in [0.15, 0.2) is 0 Å². The first-order chi connectivity index (χ1) is 15.2. The van der Waals surface area contributed by atoms with Crippen molar-refractivity contribution < 1.29 is 27.1 Å². The van der Waals surface area contributed by atoms with Gasteiger partial charge in [-0.2, -0.15) is 0 Å². The zero-order valence-electron chi connectivity index (χ0n) is 17.1. The molecule has 0 spiro atoms. The lowest BCUT2D eigenvalue weighted by Gasteiger charge is -2.23. The summed E-state index contributed by atoms with van der Waals surface area (Å²) in [7, 11) is -4.05. The van der Waals surface area contributed by atoms with Crippen LogP contribution in [0.5, 0.6) is 0 Å². The number of hydrogen-bond donors (Lipinski definition) is 2. The lowest BCUT2D eigenvalue weighted by atomic mass is 10.2. The minimum absolute atomic E-state index is 0.0545. The highest BCUT2D eigenvalue weighted by molar-refractivity contribution is 7.89. The summed E-state index contributed by atoms with van der Waals surface area (Å²) in [6.45, 7) is 0.0790. The molecule has 0 aromatic heterocycles. The van der Waals surface area contributed by atoms with Gasteiger partial charge in [0.05, 0.1) is 17.5 Å². The number of nitrogens with zero attached hydrogens (tertiary/aromatic N) is 1. The fourth-order valence-electron chi connectivity index (χ4n) is 3.13. The Balaban J connectivity index is 1.67. The van der Waals surface area contributed by atoms with Crippen LogP contribution < -0.4 is 14.9 Å². The molecule has 0 aliphatic carbocycles. The Labute approximate surface area is 190 Å². The zero-order valence-corrected chi connectivity index (χ0v) is 18.7. The van der Waals surface area contributed by atoms with Crippen LogP contribution in [0.4, 0.5) is 10.1 Å². The monoisotopic (exact) mass is 483 g/mol. The van der Waals surface area contributed by atoms with Crippen molar-refractivity contribution in [3.63, 3.8) is 0 Å². The van der Waals surface area contributed by atoms with Crippen LogP contribution in [0.1, 0.15) is 12.8 Å². The summed E-state index contributed by atoms with van der Waals surface area (Å²) < 4.78 is 45.5. The van der Waals surface area contributed by atoms with Crippen LogP contribution in [-0.4, -0.2) is 52.6 Å². The number of carbonyl (C=O) groups excluding carboxylic acids is 2. The molecular formula is C21H23ClFN3O5S. The summed E-state index contributed by atoms with van der Waals surface area (Å²) in [5.41, 5.74) is 0.382. The molecule has 3 rings (SSSR count). The van der Waals surface area contributed by atoms with Crippen LogP contribution in [0.25, 0.3) is 0 Å². The van der Waals surface area contributed by atoms with E-state index in [-0.39, 0.29) is 17.5 Å². The van der Waals surface area contributed by atoms with E-state index < -0.39 is 34.2 Å². The van der Waals surface area contributed by atoms with E-state index in [1.165, 1.54) is 0 Å². The number of ether oxygens (including phenoxy) is 1. The molecule has 0 bridgehead atoms. The van der Waals surface area contributed by atoms with E-state index >= 15 is 0 Å². The van der Waals surface area contributed by atoms with Crippen LogP contribution in [0.3, 0.4) is 0 Å². The first kappa shape index (κ1) is 24.1. The topological polar surface area (TPSA) is 105 Å². The molecular weight excluding hydrogens is 461 g/mol. The van der Waals surface area contributed by atoms with Crippen molar-refractivity contribution in [3.05, 3.63) is 59.4 Å². The van der Waals surface area contributed by atoms with Gasteiger partial charge in [0, 0.05) is 23.9 Å². The summed E-state index contributed by atoms with van der Waals surface area (Å²) in [6.07, 6.45) is 1.73. The Morgan fingerprint density at radius 2 is 1.81 bits per heavy atom. The Morgan fingerprint density at radius 3 is 2.44 bits per heavy atom. The molecule has 1 atom stereocenters. The molecule has 1 fully saturated rings. The van der Waals surface area contributed by atoms with Gasteiger partial charge in [-0.15, -0.1) is 0 Å². The van der Waals surface area contributed by atoms with Gasteiger partial charge < -0.3 is 15.0 Å². The SMILES string of the molecule is O=C(CN(C(=O)CNS(=O)(=O)c1ccc(F)cc1)c1ccc(Cl)cc1)NC[C@@H]1CCCO1. The third kappa shape index (κ3) is 6.73. The number of anilines is 1. The first-order valence-electron chi connectivity index (χ1n) is 9.94. The Kier molecular flexibility index (Phi) is 8.19. The second-order valence-corrected chi connectivity index (χ2v) is 9.38. The molecule has 1 saturated heterocycles. The summed E-state index contributed by atoms with van der Waals surface area (Å²) in [4.78, 5) is 26.3. The number of nitrogens with one attached hydrogen (secondary N) is 2. The lowest BCUT2D eigenvalue weighted by molar-refractivity contribution is -0.123. The summed E-state index contributed by atoms with van der Waals surface area (Å²) in [5.74, 6) is -1.64. The number of benzene rings is 2. The van der Waals surface area contributed by atoms with Crippen molar-refractivity contribution in [1.29, 1.82) is 0 Å². The predicted molar refractivity (Wildman–Crippen MR) is 117 cm³/mol. The lowest BCUT2D eigenvalue weighted by Crippen LogP contribution is -2.46. The molecule has 0 radical (unpaired) electrons. The number of sulfonamides is 1. The van der Waals surface area contributed by atoms with Crippen molar-refractivity contribution in [2.24, 2.45) is 0 Å². The van der Waals surface area contributed by atoms with E-state index in [2.05, 4.69) is 10.0 Å². The highest BCUT2D eigenvalue weighted by atomic mass is 35.5. The molecule has 2 N–H and O–H groups in total. The molecule has 1 aliphatic heterocycles. The fourth-order valence-corrected chi connectivity index (χ4v) is 4.23. The van der Waals surface area contributed by atoms with Gasteiger partial charge >= 0.3 is 0 Å². The molecule has 1 aliphatic rings. The van der Waals surface area contributed by atoms with Crippen LogP contribution in [0.2, 0.25) is 5.02 Å². The van der Waals surface area contributed by atoms with Gasteiger partial charge in [-0.1, -0.05) is 11.6 Å². The fraction of sp³-hybridized carbons (Fsp3) is 0.333. The average molecular weight is 484 g/mol. The van der Waals surface area contributed by atoms with E-state index in [9.17, 15) is 22.4 Å². The maximum absolute atomic E-state index is 13.1. The number of carbonyl (C=O) groups is 2. The van der Waals surface area contributed by atoms with Crippen molar-refractivity contribution in [2.45, 2.75) is 23.8 Å². The second kappa shape index (κ2) is 10.9. The minimum atomic E-state index is -4.05. The molecule has 32 heavy (non-hydrogen) atoms. The van der Waals surface area contributed by atoms with Gasteiger partial charge in [0.25, 0.3) is 0 Å². The molecule has 11 heteroatoms. The molecule has 2 aromatic rings. The van der Waals surface area contributed by atoms with Gasteiger partial charge in [0.2, 0.25) is 21.8 Å². The van der Waals surface area contributed by atoms with Crippen LogP contribution >= 0.6 is 11.6 Å². The molecule has 8 nitrogen and oxygen atoms in total. The average Bonchev–Trinajstić information content (AvgIpc) is 3.29. The third-order valence-corrected chi connectivity index (χ3v) is 6.50. The minimum Gasteiger partial charge on any atom is -0.376 e. The molecule has 2 amide bonds. The Bertz CT molecular complexity index is 1040. The maximum atomic E-state index is 13.1. The summed E-state index contributed by atoms with van der Waals surface area (Å²) in [5, 5.41) is 3.18. The Morgan fingerprint density at radius 1 is 1.12 bits per heavy atom. The van der Waals surface area contributed by atoms with E-state index in [4.69, 9.17) is 16.3 Å². The summed E-state index contributed by atoms with van der Waals surface area (Å²) in [6, 6.07) is 10.4. The largest absolute Gasteiger partial charge is 0.376 e. The van der Waals surface area contributed by atoms with Crippen molar-refractivity contribution in [2.75, 3.05) is 31.1 Å². The van der Waals surface area contributed by atoms with Crippen molar-refractivity contribution in [3.8, 4) is 0 Å². The quantitative estimate of drug-likeness (QED) is 0.568. The van der Waals surface area contributed by atoms with E-state index in [0.29, 0.717) is 23.9 Å². The van der Waals surface area contributed by atoms with E-state index in [1.807, 2.05) is 0 Å². The van der Waals surface area contributed by atoms with Crippen LogP contribution in [0, 0.1) is 5.82 Å². The standard InChI is InChI=1S/C21H23ClFN3O5S/c22-15-3-7-17(8-4-15)26(14-20(27)24-12-18-2-1-11-31-18)21(28)13-25-32(29,30)19-9-5-16(23)6-10-19/h3-10,18,25H,1-2,11-14H2,(H,24,27)/t18-/m0/s1. The summed E-state index contributed by atoms with van der Waals surface area (Å²) >= 11 is 5.91. The normalized spacial score (nSPS) is 16.0. The molecule has 0 saturated carbocycles. The van der Waals surface area contributed by atoms with Gasteiger partial charge in [-0.05, 0) is 61.4 Å². The molecule has 2 aromatic carbocycles. The van der Waals surface area contributed by atoms with Gasteiger partial charge in [-0.3, -0.25) is 9.59 Å². The molecule has 172 valence electrons. The number of rotatable bonds is 9. The predicted octanol–water partition coefficient (Wildman–Crippen LogP) is 2.09. The number of amides is 2.